The molecular formula is C16H18O8. The van der Waals surface area contributed by atoms with E-state index in [4.69, 9.17) is 23.4 Å². The maximum atomic E-state index is 11.1. The normalized spacial score (nSPS) is 22.8. The molecular weight excluding hydrogens is 320 g/mol. The molecule has 0 saturated heterocycles. The molecule has 3 unspecified atom stereocenters. The standard InChI is InChI=1S/C16H18O8/c1-10(18)20-9-15-14(22-11(2)19)5-6-16(24-15)21-8-13-4-3-12(7-17)23-13/h3-7,14-16H,8-9H2,1-2H3. The molecule has 0 spiro atoms. The lowest BCUT2D eigenvalue weighted by Crippen LogP contribution is -2.42. The number of carbonyl (C=O) groups excluding carboxylic acids is 3. The Morgan fingerprint density at radius 3 is 2.62 bits per heavy atom. The fourth-order valence-corrected chi connectivity index (χ4v) is 2.05. The fourth-order valence-electron chi connectivity index (χ4n) is 2.05. The van der Waals surface area contributed by atoms with Crippen molar-refractivity contribution in [2.75, 3.05) is 6.61 Å². The van der Waals surface area contributed by atoms with Crippen LogP contribution in [0.3, 0.4) is 0 Å². The first-order valence-corrected chi connectivity index (χ1v) is 7.28. The molecule has 0 aromatic carbocycles. The average molecular weight is 338 g/mol. The number of esters is 2. The maximum Gasteiger partial charge on any atom is 0.303 e. The van der Waals surface area contributed by atoms with Crippen LogP contribution in [0, 0.1) is 0 Å². The smallest absolute Gasteiger partial charge is 0.303 e. The van der Waals surface area contributed by atoms with E-state index in [1.54, 1.807) is 18.2 Å². The Bertz CT molecular complexity index is 617. The van der Waals surface area contributed by atoms with Crippen molar-refractivity contribution >= 4 is 18.2 Å². The summed E-state index contributed by atoms with van der Waals surface area (Å²) in [5.74, 6) is -0.272. The van der Waals surface area contributed by atoms with Gasteiger partial charge in [-0.3, -0.25) is 14.4 Å². The second kappa shape index (κ2) is 8.42. The zero-order valence-electron chi connectivity index (χ0n) is 13.3. The highest BCUT2D eigenvalue weighted by Gasteiger charge is 2.31. The molecule has 1 aliphatic rings. The second-order valence-electron chi connectivity index (χ2n) is 5.04. The molecule has 8 heteroatoms. The molecule has 0 aliphatic carbocycles. The summed E-state index contributed by atoms with van der Waals surface area (Å²) in [5.41, 5.74) is 0. The van der Waals surface area contributed by atoms with Gasteiger partial charge in [-0.25, -0.2) is 0 Å². The highest BCUT2D eigenvalue weighted by Crippen LogP contribution is 2.19. The largest absolute Gasteiger partial charge is 0.463 e. The van der Waals surface area contributed by atoms with E-state index in [1.165, 1.54) is 19.9 Å². The van der Waals surface area contributed by atoms with Crippen molar-refractivity contribution in [3.05, 3.63) is 35.8 Å². The molecule has 130 valence electrons. The molecule has 1 aromatic heterocycles. The minimum atomic E-state index is -0.734. The number of rotatable bonds is 7. The summed E-state index contributed by atoms with van der Waals surface area (Å²) in [7, 11) is 0. The summed E-state index contributed by atoms with van der Waals surface area (Å²) < 4.78 is 26.4. The van der Waals surface area contributed by atoms with Crippen molar-refractivity contribution in [1.82, 2.24) is 0 Å². The number of carbonyl (C=O) groups is 3. The molecule has 1 aromatic rings. The minimum Gasteiger partial charge on any atom is -0.463 e. The van der Waals surface area contributed by atoms with E-state index >= 15 is 0 Å². The Balaban J connectivity index is 1.94. The van der Waals surface area contributed by atoms with Gasteiger partial charge < -0.3 is 23.4 Å². The summed E-state index contributed by atoms with van der Waals surface area (Å²) >= 11 is 0. The van der Waals surface area contributed by atoms with Crippen molar-refractivity contribution in [2.45, 2.75) is 39.0 Å². The molecule has 0 radical (unpaired) electrons. The van der Waals surface area contributed by atoms with Gasteiger partial charge in [-0.1, -0.05) is 0 Å². The predicted octanol–water partition coefficient (Wildman–Crippen LogP) is 1.38. The van der Waals surface area contributed by atoms with Crippen LogP contribution in [0.2, 0.25) is 0 Å². The SMILES string of the molecule is CC(=O)OCC1OC(OCc2ccc(C=O)o2)C=CC1OC(C)=O. The van der Waals surface area contributed by atoms with Crippen molar-refractivity contribution in [1.29, 1.82) is 0 Å². The Kier molecular flexibility index (Phi) is 6.28. The molecule has 0 N–H and O–H groups in total. The van der Waals surface area contributed by atoms with Crippen LogP contribution in [0.4, 0.5) is 0 Å². The van der Waals surface area contributed by atoms with E-state index in [9.17, 15) is 14.4 Å². The maximum absolute atomic E-state index is 11.1. The van der Waals surface area contributed by atoms with Gasteiger partial charge in [0.15, 0.2) is 18.3 Å². The number of hydrogen-bond acceptors (Lipinski definition) is 8. The van der Waals surface area contributed by atoms with Crippen LogP contribution in [0.25, 0.3) is 0 Å². The van der Waals surface area contributed by atoms with E-state index in [-0.39, 0.29) is 19.0 Å². The second-order valence-corrected chi connectivity index (χ2v) is 5.04. The molecule has 0 fully saturated rings. The van der Waals surface area contributed by atoms with Crippen LogP contribution in [-0.2, 0) is 35.1 Å². The van der Waals surface area contributed by atoms with Crippen molar-refractivity contribution in [3.63, 3.8) is 0 Å². The van der Waals surface area contributed by atoms with E-state index < -0.39 is 30.4 Å². The lowest BCUT2D eigenvalue weighted by molar-refractivity contribution is -0.201. The zero-order chi connectivity index (χ0) is 17.5. The van der Waals surface area contributed by atoms with E-state index in [0.29, 0.717) is 12.0 Å². The van der Waals surface area contributed by atoms with Gasteiger partial charge in [-0.2, -0.15) is 0 Å². The van der Waals surface area contributed by atoms with Gasteiger partial charge in [-0.15, -0.1) is 0 Å². The monoisotopic (exact) mass is 338 g/mol. The van der Waals surface area contributed by atoms with Gasteiger partial charge in [-0.05, 0) is 24.3 Å². The first kappa shape index (κ1) is 17.9. The summed E-state index contributed by atoms with van der Waals surface area (Å²) in [6.07, 6.45) is 1.70. The molecule has 3 atom stereocenters. The first-order valence-electron chi connectivity index (χ1n) is 7.28. The molecule has 0 saturated carbocycles. The van der Waals surface area contributed by atoms with E-state index in [2.05, 4.69) is 0 Å². The Labute approximate surface area is 138 Å². The third-order valence-electron chi connectivity index (χ3n) is 3.07. The number of aldehydes is 1. The lowest BCUT2D eigenvalue weighted by Gasteiger charge is -2.31. The zero-order valence-corrected chi connectivity index (χ0v) is 13.3. The molecule has 2 heterocycles. The van der Waals surface area contributed by atoms with E-state index in [0.717, 1.165) is 0 Å². The summed E-state index contributed by atoms with van der Waals surface area (Å²) in [6, 6.07) is 3.15. The van der Waals surface area contributed by atoms with Gasteiger partial charge in [0.1, 0.15) is 31.2 Å². The number of hydrogen-bond donors (Lipinski definition) is 0. The van der Waals surface area contributed by atoms with Crippen LogP contribution in [0.5, 0.6) is 0 Å². The number of ether oxygens (including phenoxy) is 4. The van der Waals surface area contributed by atoms with Crippen LogP contribution >= 0.6 is 0 Å². The summed E-state index contributed by atoms with van der Waals surface area (Å²) in [6.45, 7) is 2.56. The first-order chi connectivity index (χ1) is 11.5. The fraction of sp³-hybridized carbons (Fsp3) is 0.438. The predicted molar refractivity (Wildman–Crippen MR) is 78.9 cm³/mol. The molecule has 0 amide bonds. The summed E-state index contributed by atoms with van der Waals surface area (Å²) in [5, 5.41) is 0. The molecule has 2 rings (SSSR count). The Morgan fingerprint density at radius 1 is 1.21 bits per heavy atom. The van der Waals surface area contributed by atoms with Crippen molar-refractivity contribution in [3.8, 4) is 0 Å². The van der Waals surface area contributed by atoms with Gasteiger partial charge in [0.25, 0.3) is 0 Å². The third kappa shape index (κ3) is 5.32. The van der Waals surface area contributed by atoms with Crippen molar-refractivity contribution < 1.29 is 37.7 Å². The summed E-state index contributed by atoms with van der Waals surface area (Å²) in [4.78, 5) is 32.7. The highest BCUT2D eigenvalue weighted by molar-refractivity contribution is 5.70. The van der Waals surface area contributed by atoms with Gasteiger partial charge in [0.2, 0.25) is 0 Å². The number of furan rings is 1. The van der Waals surface area contributed by atoms with Gasteiger partial charge in [0.05, 0.1) is 0 Å². The quantitative estimate of drug-likeness (QED) is 0.417. The lowest BCUT2D eigenvalue weighted by atomic mass is 10.1. The molecule has 0 bridgehead atoms. The third-order valence-corrected chi connectivity index (χ3v) is 3.07. The average Bonchev–Trinajstić information content (AvgIpc) is 3.00. The molecule has 24 heavy (non-hydrogen) atoms. The Hall–Kier alpha value is -2.45. The van der Waals surface area contributed by atoms with Crippen LogP contribution in [-0.4, -0.2) is 43.3 Å². The van der Waals surface area contributed by atoms with Crippen LogP contribution in [0.15, 0.2) is 28.7 Å². The van der Waals surface area contributed by atoms with E-state index in [1.807, 2.05) is 0 Å². The van der Waals surface area contributed by atoms with Gasteiger partial charge >= 0.3 is 11.9 Å². The minimum absolute atomic E-state index is 0.0759. The van der Waals surface area contributed by atoms with Crippen LogP contribution < -0.4 is 0 Å². The molecule has 8 nitrogen and oxygen atoms in total. The highest BCUT2D eigenvalue weighted by atomic mass is 16.7. The topological polar surface area (TPSA) is 101 Å². The van der Waals surface area contributed by atoms with Crippen LogP contribution in [0.1, 0.15) is 30.2 Å². The Morgan fingerprint density at radius 2 is 2.00 bits per heavy atom. The van der Waals surface area contributed by atoms with Gasteiger partial charge in [0, 0.05) is 13.8 Å². The van der Waals surface area contributed by atoms with Crippen molar-refractivity contribution in [2.24, 2.45) is 0 Å². The molecule has 1 aliphatic heterocycles.